The Morgan fingerprint density at radius 3 is 2.75 bits per heavy atom. The number of hydrogen-bond acceptors (Lipinski definition) is 5. The van der Waals surface area contributed by atoms with Gasteiger partial charge in [0.15, 0.2) is 0 Å². The van der Waals surface area contributed by atoms with E-state index in [1.54, 1.807) is 6.07 Å². The van der Waals surface area contributed by atoms with Gasteiger partial charge in [0.1, 0.15) is 23.8 Å². The van der Waals surface area contributed by atoms with Gasteiger partial charge in [-0.2, -0.15) is 0 Å². The summed E-state index contributed by atoms with van der Waals surface area (Å²) in [4.78, 5) is 23.8. The first-order valence-corrected chi connectivity index (χ1v) is 7.30. The van der Waals surface area contributed by atoms with Gasteiger partial charge >= 0.3 is 0 Å². The third kappa shape index (κ3) is 3.92. The van der Waals surface area contributed by atoms with Crippen molar-refractivity contribution in [2.24, 2.45) is 0 Å². The van der Waals surface area contributed by atoms with Gasteiger partial charge in [0.05, 0.1) is 11.8 Å². The van der Waals surface area contributed by atoms with Crippen molar-refractivity contribution in [2.45, 2.75) is 0 Å². The Morgan fingerprint density at radius 1 is 1.12 bits per heavy atom. The SMILES string of the molecule is O=C(NCCNc1cc(-n2cccc2)ncn1)c1cncc(F)c1. The number of rotatable bonds is 6. The molecule has 3 rings (SSSR count). The predicted molar refractivity (Wildman–Crippen MR) is 86.4 cm³/mol. The third-order valence-electron chi connectivity index (χ3n) is 3.21. The normalized spacial score (nSPS) is 10.4. The molecule has 3 aromatic rings. The van der Waals surface area contributed by atoms with Gasteiger partial charge in [0.25, 0.3) is 5.91 Å². The van der Waals surface area contributed by atoms with Gasteiger partial charge < -0.3 is 15.2 Å². The average Bonchev–Trinajstić information content (AvgIpc) is 3.13. The fraction of sp³-hybridized carbons (Fsp3) is 0.125. The predicted octanol–water partition coefficient (Wildman–Crippen LogP) is 1.64. The molecule has 24 heavy (non-hydrogen) atoms. The maximum atomic E-state index is 13.0. The lowest BCUT2D eigenvalue weighted by atomic mass is 10.2. The summed E-state index contributed by atoms with van der Waals surface area (Å²) in [6.45, 7) is 0.828. The number of anilines is 1. The Balaban J connectivity index is 1.50. The number of amides is 1. The minimum atomic E-state index is -0.542. The molecule has 8 heteroatoms. The van der Waals surface area contributed by atoms with Crippen LogP contribution in [0.3, 0.4) is 0 Å². The van der Waals surface area contributed by atoms with Gasteiger partial charge in [-0.3, -0.25) is 9.78 Å². The Kier molecular flexibility index (Phi) is 4.76. The van der Waals surface area contributed by atoms with E-state index in [2.05, 4.69) is 25.6 Å². The highest BCUT2D eigenvalue weighted by Crippen LogP contribution is 2.08. The molecule has 0 fully saturated rings. The Labute approximate surface area is 137 Å². The average molecular weight is 326 g/mol. The van der Waals surface area contributed by atoms with Crippen molar-refractivity contribution in [1.29, 1.82) is 0 Å². The lowest BCUT2D eigenvalue weighted by molar-refractivity contribution is 0.0954. The Hall–Kier alpha value is -3.29. The Bertz CT molecular complexity index is 821. The number of nitrogens with one attached hydrogen (secondary N) is 2. The fourth-order valence-corrected chi connectivity index (χ4v) is 2.08. The molecule has 0 saturated carbocycles. The largest absolute Gasteiger partial charge is 0.368 e. The van der Waals surface area contributed by atoms with Crippen molar-refractivity contribution < 1.29 is 9.18 Å². The van der Waals surface area contributed by atoms with Crippen LogP contribution in [0.5, 0.6) is 0 Å². The Morgan fingerprint density at radius 2 is 1.96 bits per heavy atom. The van der Waals surface area contributed by atoms with E-state index in [1.165, 1.54) is 12.5 Å². The molecule has 0 saturated heterocycles. The van der Waals surface area contributed by atoms with Crippen molar-refractivity contribution in [2.75, 3.05) is 18.4 Å². The summed E-state index contributed by atoms with van der Waals surface area (Å²) in [6, 6.07) is 6.76. The second kappa shape index (κ2) is 7.32. The monoisotopic (exact) mass is 326 g/mol. The maximum absolute atomic E-state index is 13.0. The molecule has 7 nitrogen and oxygen atoms in total. The highest BCUT2D eigenvalue weighted by atomic mass is 19.1. The van der Waals surface area contributed by atoms with Gasteiger partial charge in [-0.05, 0) is 18.2 Å². The molecule has 0 aromatic carbocycles. The third-order valence-corrected chi connectivity index (χ3v) is 3.21. The van der Waals surface area contributed by atoms with Gasteiger partial charge in [-0.15, -0.1) is 0 Å². The fourth-order valence-electron chi connectivity index (χ4n) is 2.08. The minimum Gasteiger partial charge on any atom is -0.368 e. The van der Waals surface area contributed by atoms with E-state index in [-0.39, 0.29) is 11.5 Å². The second-order valence-electron chi connectivity index (χ2n) is 4.93. The quantitative estimate of drug-likeness (QED) is 0.673. The molecule has 0 aliphatic rings. The van der Waals surface area contributed by atoms with Gasteiger partial charge in [-0.1, -0.05) is 0 Å². The van der Waals surface area contributed by atoms with Crippen molar-refractivity contribution in [3.8, 4) is 5.82 Å². The summed E-state index contributed by atoms with van der Waals surface area (Å²) in [5, 5.41) is 5.78. The van der Waals surface area contributed by atoms with E-state index in [9.17, 15) is 9.18 Å². The lowest BCUT2D eigenvalue weighted by Crippen LogP contribution is -2.29. The zero-order chi connectivity index (χ0) is 16.8. The van der Waals surface area contributed by atoms with E-state index < -0.39 is 5.82 Å². The molecular weight excluding hydrogens is 311 g/mol. The number of carbonyl (C=O) groups excluding carboxylic acids is 1. The molecule has 122 valence electrons. The first-order chi connectivity index (χ1) is 11.7. The molecule has 0 atom stereocenters. The molecule has 3 aromatic heterocycles. The van der Waals surface area contributed by atoms with Crippen LogP contribution in [-0.4, -0.2) is 38.5 Å². The van der Waals surface area contributed by atoms with E-state index in [0.717, 1.165) is 18.1 Å². The minimum absolute atomic E-state index is 0.187. The molecule has 0 aliphatic carbocycles. The van der Waals surface area contributed by atoms with E-state index in [1.807, 2.05) is 29.1 Å². The zero-order valence-corrected chi connectivity index (χ0v) is 12.7. The van der Waals surface area contributed by atoms with Crippen molar-refractivity contribution in [3.05, 3.63) is 66.8 Å². The van der Waals surface area contributed by atoms with Crippen LogP contribution in [0.4, 0.5) is 10.2 Å². The van der Waals surface area contributed by atoms with Crippen LogP contribution in [0.1, 0.15) is 10.4 Å². The van der Waals surface area contributed by atoms with E-state index in [0.29, 0.717) is 18.9 Å². The molecule has 0 aliphatic heterocycles. The summed E-state index contributed by atoms with van der Waals surface area (Å²) < 4.78 is 14.9. The summed E-state index contributed by atoms with van der Waals surface area (Å²) in [6.07, 6.45) is 7.61. The van der Waals surface area contributed by atoms with Crippen LogP contribution in [-0.2, 0) is 0 Å². The summed E-state index contributed by atoms with van der Waals surface area (Å²) >= 11 is 0. The summed E-state index contributed by atoms with van der Waals surface area (Å²) in [5.41, 5.74) is 0.187. The zero-order valence-electron chi connectivity index (χ0n) is 12.7. The van der Waals surface area contributed by atoms with Crippen molar-refractivity contribution >= 4 is 11.7 Å². The topological polar surface area (TPSA) is 84.7 Å². The molecule has 0 unspecified atom stereocenters. The number of nitrogens with zero attached hydrogens (tertiary/aromatic N) is 4. The molecule has 1 amide bonds. The smallest absolute Gasteiger partial charge is 0.253 e. The van der Waals surface area contributed by atoms with Gasteiger partial charge in [0.2, 0.25) is 0 Å². The van der Waals surface area contributed by atoms with E-state index >= 15 is 0 Å². The summed E-state index contributed by atoms with van der Waals surface area (Å²) in [5.74, 6) is 0.474. The number of carbonyl (C=O) groups is 1. The van der Waals surface area contributed by atoms with Crippen LogP contribution >= 0.6 is 0 Å². The molecular formula is C16H15FN6O. The van der Waals surface area contributed by atoms with E-state index in [4.69, 9.17) is 0 Å². The highest BCUT2D eigenvalue weighted by Gasteiger charge is 2.06. The van der Waals surface area contributed by atoms with Crippen LogP contribution in [0, 0.1) is 5.82 Å². The number of halogens is 1. The van der Waals surface area contributed by atoms with Crippen LogP contribution in [0.2, 0.25) is 0 Å². The van der Waals surface area contributed by atoms with Crippen LogP contribution in [0.15, 0.2) is 55.4 Å². The second-order valence-corrected chi connectivity index (χ2v) is 4.93. The standard InChI is InChI=1S/C16H15FN6O/c17-13-7-12(9-18-10-13)16(24)20-4-3-19-14-8-15(22-11-21-14)23-5-1-2-6-23/h1-2,5-11H,3-4H2,(H,20,24)(H,19,21,22). The molecule has 3 heterocycles. The molecule has 0 bridgehead atoms. The van der Waals surface area contributed by atoms with Crippen molar-refractivity contribution in [3.63, 3.8) is 0 Å². The number of aromatic nitrogens is 4. The maximum Gasteiger partial charge on any atom is 0.253 e. The lowest BCUT2D eigenvalue weighted by Gasteiger charge is -2.08. The van der Waals surface area contributed by atoms with Gasteiger partial charge in [-0.25, -0.2) is 14.4 Å². The number of pyridine rings is 1. The van der Waals surface area contributed by atoms with Crippen molar-refractivity contribution in [1.82, 2.24) is 24.8 Å². The van der Waals surface area contributed by atoms with Gasteiger partial charge in [0, 0.05) is 37.7 Å². The molecule has 2 N–H and O–H groups in total. The molecule has 0 radical (unpaired) electrons. The molecule has 0 spiro atoms. The summed E-state index contributed by atoms with van der Waals surface area (Å²) in [7, 11) is 0. The highest BCUT2D eigenvalue weighted by molar-refractivity contribution is 5.93. The first kappa shape index (κ1) is 15.6. The number of hydrogen-bond donors (Lipinski definition) is 2. The van der Waals surface area contributed by atoms with Crippen LogP contribution in [0.25, 0.3) is 5.82 Å². The first-order valence-electron chi connectivity index (χ1n) is 7.30. The van der Waals surface area contributed by atoms with Crippen LogP contribution < -0.4 is 10.6 Å².